The number of nitrogens with zero attached hydrogens (tertiary/aromatic N) is 1. The van der Waals surface area contributed by atoms with Crippen molar-refractivity contribution in [3.63, 3.8) is 0 Å². The summed E-state index contributed by atoms with van der Waals surface area (Å²) in [5, 5.41) is 0. The second-order valence-corrected chi connectivity index (χ2v) is 6.36. The Morgan fingerprint density at radius 2 is 2.06 bits per heavy atom. The van der Waals surface area contributed by atoms with Gasteiger partial charge in [-0.3, -0.25) is 4.90 Å². The average Bonchev–Trinajstić information content (AvgIpc) is 2.12. The summed E-state index contributed by atoms with van der Waals surface area (Å²) >= 11 is 0. The molecule has 1 rings (SSSR count). The Morgan fingerprint density at radius 1 is 1.47 bits per heavy atom. The molecule has 1 heterocycles. The first-order valence-corrected chi connectivity index (χ1v) is 6.32. The zero-order valence-electron chi connectivity index (χ0n) is 11.7. The van der Waals surface area contributed by atoms with Gasteiger partial charge >= 0.3 is 6.09 Å². The first-order valence-electron chi connectivity index (χ1n) is 6.32. The smallest absolute Gasteiger partial charge is 0.411 e. The van der Waals surface area contributed by atoms with Gasteiger partial charge in [-0.1, -0.05) is 6.08 Å². The van der Waals surface area contributed by atoms with Crippen LogP contribution in [0.5, 0.6) is 0 Å². The predicted octanol–water partition coefficient (Wildman–Crippen LogP) is 3.74. The van der Waals surface area contributed by atoms with Gasteiger partial charge < -0.3 is 4.74 Å². The quantitative estimate of drug-likeness (QED) is 0.652. The fourth-order valence-electron chi connectivity index (χ4n) is 2.36. The molecule has 0 N–H and O–H groups in total. The van der Waals surface area contributed by atoms with Gasteiger partial charge in [-0.05, 0) is 53.9 Å². The lowest BCUT2D eigenvalue weighted by Gasteiger charge is -2.46. The van der Waals surface area contributed by atoms with Gasteiger partial charge in [-0.15, -0.1) is 6.58 Å². The summed E-state index contributed by atoms with van der Waals surface area (Å²) in [6.45, 7) is 13.7. The van der Waals surface area contributed by atoms with Gasteiger partial charge in [0.1, 0.15) is 5.60 Å². The lowest BCUT2D eigenvalue weighted by Crippen LogP contribution is -2.56. The molecule has 0 unspecified atom stereocenters. The Hall–Kier alpha value is -0.990. The number of hydrogen-bond acceptors (Lipinski definition) is 2. The molecule has 0 aromatic rings. The Morgan fingerprint density at radius 3 is 2.53 bits per heavy atom. The molecule has 1 saturated heterocycles. The number of rotatable bonds is 1. The van der Waals surface area contributed by atoms with Gasteiger partial charge in [0.05, 0.1) is 6.04 Å². The molecule has 1 aliphatic rings. The van der Waals surface area contributed by atoms with Crippen LogP contribution in [0.1, 0.15) is 53.9 Å². The zero-order valence-corrected chi connectivity index (χ0v) is 11.7. The van der Waals surface area contributed by atoms with Gasteiger partial charge in [0.2, 0.25) is 0 Å². The van der Waals surface area contributed by atoms with Crippen molar-refractivity contribution in [2.45, 2.75) is 71.1 Å². The summed E-state index contributed by atoms with van der Waals surface area (Å²) in [5.41, 5.74) is -0.601. The highest BCUT2D eigenvalue weighted by Crippen LogP contribution is 2.33. The molecule has 1 amide bonds. The molecule has 1 atom stereocenters. The summed E-state index contributed by atoms with van der Waals surface area (Å²) in [4.78, 5) is 14.1. The minimum absolute atomic E-state index is 0.0913. The minimum Gasteiger partial charge on any atom is -0.444 e. The van der Waals surface area contributed by atoms with Gasteiger partial charge in [-0.2, -0.15) is 0 Å². The van der Waals surface area contributed by atoms with Crippen LogP contribution in [0.4, 0.5) is 4.79 Å². The zero-order chi connectivity index (χ0) is 13.3. The summed E-state index contributed by atoms with van der Waals surface area (Å²) in [6, 6.07) is 0.0913. The molecule has 0 aromatic heterocycles. The van der Waals surface area contributed by atoms with E-state index in [1.54, 1.807) is 0 Å². The highest BCUT2D eigenvalue weighted by molar-refractivity contribution is 5.70. The molecule has 0 saturated carbocycles. The van der Waals surface area contributed by atoms with Crippen LogP contribution >= 0.6 is 0 Å². The summed E-state index contributed by atoms with van der Waals surface area (Å²) in [6.07, 6.45) is 4.74. The Balaban J connectivity index is 2.88. The molecule has 17 heavy (non-hydrogen) atoms. The highest BCUT2D eigenvalue weighted by Gasteiger charge is 2.40. The van der Waals surface area contributed by atoms with Gasteiger partial charge in [0.15, 0.2) is 0 Å². The van der Waals surface area contributed by atoms with Gasteiger partial charge in [0.25, 0.3) is 0 Å². The number of carbonyl (C=O) groups is 1. The van der Waals surface area contributed by atoms with Crippen LogP contribution in [0.2, 0.25) is 0 Å². The molecule has 1 fully saturated rings. The van der Waals surface area contributed by atoms with Crippen molar-refractivity contribution < 1.29 is 9.53 Å². The van der Waals surface area contributed by atoms with E-state index in [-0.39, 0.29) is 17.7 Å². The SMILES string of the molecule is C=C[C@H]1CCCC(C)(C)N1C(=O)OC(C)(C)C. The Labute approximate surface area is 105 Å². The van der Waals surface area contributed by atoms with Crippen molar-refractivity contribution in [1.29, 1.82) is 0 Å². The van der Waals surface area contributed by atoms with Crippen LogP contribution in [0.3, 0.4) is 0 Å². The predicted molar refractivity (Wildman–Crippen MR) is 70.0 cm³/mol. The van der Waals surface area contributed by atoms with E-state index in [4.69, 9.17) is 4.74 Å². The van der Waals surface area contributed by atoms with E-state index in [1.807, 2.05) is 31.7 Å². The second kappa shape index (κ2) is 4.71. The van der Waals surface area contributed by atoms with Crippen LogP contribution in [0.15, 0.2) is 12.7 Å². The number of carbonyl (C=O) groups excluding carboxylic acids is 1. The van der Waals surface area contributed by atoms with Crippen molar-refractivity contribution >= 4 is 6.09 Å². The molecule has 1 aliphatic heterocycles. The Bertz CT molecular complexity index is 302. The van der Waals surface area contributed by atoms with E-state index in [0.717, 1.165) is 19.3 Å². The number of piperidine rings is 1. The molecule has 0 bridgehead atoms. The van der Waals surface area contributed by atoms with Crippen molar-refractivity contribution in [2.24, 2.45) is 0 Å². The molecule has 0 radical (unpaired) electrons. The average molecular weight is 239 g/mol. The third-order valence-electron chi connectivity index (χ3n) is 3.13. The summed E-state index contributed by atoms with van der Waals surface area (Å²) in [5.74, 6) is 0. The highest BCUT2D eigenvalue weighted by atomic mass is 16.6. The second-order valence-electron chi connectivity index (χ2n) is 6.36. The van der Waals surface area contributed by atoms with Gasteiger partial charge in [0, 0.05) is 5.54 Å². The summed E-state index contributed by atoms with van der Waals surface area (Å²) < 4.78 is 5.48. The van der Waals surface area contributed by atoms with E-state index >= 15 is 0 Å². The van der Waals surface area contributed by atoms with E-state index < -0.39 is 5.60 Å². The third kappa shape index (κ3) is 3.48. The largest absolute Gasteiger partial charge is 0.444 e. The van der Waals surface area contributed by atoms with E-state index in [9.17, 15) is 4.79 Å². The van der Waals surface area contributed by atoms with Crippen LogP contribution in [0.25, 0.3) is 0 Å². The lowest BCUT2D eigenvalue weighted by molar-refractivity contribution is -0.0178. The van der Waals surface area contributed by atoms with E-state index in [2.05, 4.69) is 20.4 Å². The van der Waals surface area contributed by atoms with Crippen LogP contribution in [-0.2, 0) is 4.74 Å². The monoisotopic (exact) mass is 239 g/mol. The minimum atomic E-state index is -0.448. The molecular weight excluding hydrogens is 214 g/mol. The van der Waals surface area contributed by atoms with Crippen LogP contribution in [-0.4, -0.2) is 28.2 Å². The number of hydrogen-bond donors (Lipinski definition) is 0. The van der Waals surface area contributed by atoms with Gasteiger partial charge in [-0.25, -0.2) is 4.79 Å². The third-order valence-corrected chi connectivity index (χ3v) is 3.13. The first-order chi connectivity index (χ1) is 7.67. The number of likely N-dealkylation sites (tertiary alicyclic amines) is 1. The maximum Gasteiger partial charge on any atom is 0.411 e. The van der Waals surface area contributed by atoms with E-state index in [1.165, 1.54) is 0 Å². The molecule has 0 aliphatic carbocycles. The fraction of sp³-hybridized carbons (Fsp3) is 0.786. The molecule has 3 heteroatoms. The number of ether oxygens (including phenoxy) is 1. The number of amides is 1. The molecule has 0 aromatic carbocycles. The van der Waals surface area contributed by atoms with E-state index in [0.29, 0.717) is 0 Å². The molecule has 3 nitrogen and oxygen atoms in total. The van der Waals surface area contributed by atoms with Crippen molar-refractivity contribution in [3.8, 4) is 0 Å². The molecule has 98 valence electrons. The normalized spacial score (nSPS) is 24.3. The standard InChI is InChI=1S/C14H25NO2/c1-7-11-9-8-10-14(5,6)15(11)12(16)17-13(2,3)4/h7,11H,1,8-10H2,2-6H3/t11-/m0/s1. The fourth-order valence-corrected chi connectivity index (χ4v) is 2.36. The molecular formula is C14H25NO2. The van der Waals surface area contributed by atoms with Crippen molar-refractivity contribution in [1.82, 2.24) is 4.90 Å². The molecule has 0 spiro atoms. The van der Waals surface area contributed by atoms with Crippen molar-refractivity contribution in [2.75, 3.05) is 0 Å². The maximum atomic E-state index is 12.3. The Kier molecular flexibility index (Phi) is 3.90. The summed E-state index contributed by atoms with van der Waals surface area (Å²) in [7, 11) is 0. The van der Waals surface area contributed by atoms with Crippen molar-refractivity contribution in [3.05, 3.63) is 12.7 Å². The van der Waals surface area contributed by atoms with Crippen LogP contribution < -0.4 is 0 Å². The van der Waals surface area contributed by atoms with Crippen LogP contribution in [0, 0.1) is 0 Å². The maximum absolute atomic E-state index is 12.3. The topological polar surface area (TPSA) is 29.5 Å². The first kappa shape index (κ1) is 14.1. The lowest BCUT2D eigenvalue weighted by atomic mass is 9.86.